The number of H-pyrrole nitrogens is 1. The number of morpholine rings is 1. The lowest BCUT2D eigenvalue weighted by atomic mass is 10.2. The molecule has 10 heteroatoms. The Kier molecular flexibility index (Phi) is 6.04. The molecule has 0 atom stereocenters. The van der Waals surface area contributed by atoms with E-state index in [4.69, 9.17) is 27.9 Å². The van der Waals surface area contributed by atoms with E-state index in [-0.39, 0.29) is 23.0 Å². The fourth-order valence-corrected chi connectivity index (χ4v) is 5.14. The fraction of sp³-hybridized carbons (Fsp3) is 0.250. The predicted octanol–water partition coefficient (Wildman–Crippen LogP) is 3.43. The van der Waals surface area contributed by atoms with Crippen LogP contribution in [0.5, 0.6) is 0 Å². The number of benzene rings is 2. The summed E-state index contributed by atoms with van der Waals surface area (Å²) in [5.41, 5.74) is 1.73. The number of carbonyl (C=O) groups is 1. The van der Waals surface area contributed by atoms with Gasteiger partial charge in [-0.05, 0) is 35.9 Å². The Morgan fingerprint density at radius 1 is 1.10 bits per heavy atom. The number of sulfonamides is 1. The van der Waals surface area contributed by atoms with Crippen molar-refractivity contribution in [3.05, 3.63) is 63.8 Å². The number of amides is 1. The zero-order valence-corrected chi connectivity index (χ0v) is 18.1. The third-order valence-corrected chi connectivity index (χ3v) is 7.45. The molecule has 3 aromatic rings. The Balaban J connectivity index is 1.44. The molecule has 1 amide bonds. The highest BCUT2D eigenvalue weighted by Crippen LogP contribution is 2.29. The number of aromatic nitrogens is 1. The minimum atomic E-state index is -3.54. The van der Waals surface area contributed by atoms with Crippen molar-refractivity contribution in [1.29, 1.82) is 0 Å². The van der Waals surface area contributed by atoms with Gasteiger partial charge in [0.25, 0.3) is 5.91 Å². The number of halogens is 2. The van der Waals surface area contributed by atoms with Crippen molar-refractivity contribution >= 4 is 50.0 Å². The highest BCUT2D eigenvalue weighted by Gasteiger charge is 2.26. The van der Waals surface area contributed by atoms with E-state index in [9.17, 15) is 13.2 Å². The fourth-order valence-electron chi connectivity index (χ4n) is 3.27. The topological polar surface area (TPSA) is 91.5 Å². The molecule has 0 unspecified atom stereocenters. The standard InChI is InChI=1S/C20H19Cl2N3O4S/c21-14-3-6-17-16(11-14)18(22)19(24-17)20(26)23-12-13-1-4-15(5-2-13)30(27,28)25-7-9-29-10-8-25/h1-6,11,24H,7-10,12H2,(H,23,26). The zero-order chi connectivity index (χ0) is 21.3. The summed E-state index contributed by atoms with van der Waals surface area (Å²) in [6.07, 6.45) is 0. The molecular formula is C20H19Cl2N3O4S. The molecule has 30 heavy (non-hydrogen) atoms. The van der Waals surface area contributed by atoms with E-state index in [2.05, 4.69) is 10.3 Å². The molecule has 0 spiro atoms. The van der Waals surface area contributed by atoms with E-state index in [1.165, 1.54) is 4.31 Å². The van der Waals surface area contributed by atoms with Gasteiger partial charge < -0.3 is 15.0 Å². The lowest BCUT2D eigenvalue weighted by molar-refractivity contribution is 0.0730. The molecule has 7 nitrogen and oxygen atoms in total. The summed E-state index contributed by atoms with van der Waals surface area (Å²) in [5, 5.41) is 4.30. The third-order valence-electron chi connectivity index (χ3n) is 4.91. The van der Waals surface area contributed by atoms with Crippen molar-refractivity contribution in [3.63, 3.8) is 0 Å². The Morgan fingerprint density at radius 2 is 1.80 bits per heavy atom. The van der Waals surface area contributed by atoms with Gasteiger partial charge >= 0.3 is 0 Å². The first kappa shape index (κ1) is 21.1. The number of carbonyl (C=O) groups excluding carboxylic acids is 1. The van der Waals surface area contributed by atoms with Gasteiger partial charge in [0.05, 0.1) is 23.1 Å². The molecule has 2 heterocycles. The Morgan fingerprint density at radius 3 is 2.50 bits per heavy atom. The molecule has 1 aromatic heterocycles. The first-order valence-corrected chi connectivity index (χ1v) is 11.5. The van der Waals surface area contributed by atoms with Gasteiger partial charge in [-0.2, -0.15) is 4.31 Å². The second kappa shape index (κ2) is 8.56. The van der Waals surface area contributed by atoms with E-state index in [1.54, 1.807) is 42.5 Å². The average Bonchev–Trinajstić information content (AvgIpc) is 3.09. The van der Waals surface area contributed by atoms with Crippen molar-refractivity contribution in [2.24, 2.45) is 0 Å². The first-order valence-electron chi connectivity index (χ1n) is 9.28. The second-order valence-corrected chi connectivity index (χ2v) is 9.60. The van der Waals surface area contributed by atoms with Crippen molar-refractivity contribution in [1.82, 2.24) is 14.6 Å². The lowest BCUT2D eigenvalue weighted by Gasteiger charge is -2.26. The lowest BCUT2D eigenvalue weighted by Crippen LogP contribution is -2.40. The van der Waals surface area contributed by atoms with Gasteiger partial charge in [-0.1, -0.05) is 35.3 Å². The van der Waals surface area contributed by atoms with Crippen LogP contribution in [0.4, 0.5) is 0 Å². The normalized spacial score (nSPS) is 15.4. The number of nitrogens with one attached hydrogen (secondary N) is 2. The van der Waals surface area contributed by atoms with E-state index in [0.29, 0.717) is 47.3 Å². The molecule has 1 saturated heterocycles. The SMILES string of the molecule is O=C(NCc1ccc(S(=O)(=O)N2CCOCC2)cc1)c1[nH]c2ccc(Cl)cc2c1Cl. The van der Waals surface area contributed by atoms with Crippen LogP contribution < -0.4 is 5.32 Å². The molecule has 1 fully saturated rings. The summed E-state index contributed by atoms with van der Waals surface area (Å²) in [7, 11) is -3.54. The quantitative estimate of drug-likeness (QED) is 0.601. The minimum Gasteiger partial charge on any atom is -0.379 e. The van der Waals surface area contributed by atoms with Gasteiger partial charge in [0.15, 0.2) is 0 Å². The largest absolute Gasteiger partial charge is 0.379 e. The number of rotatable bonds is 5. The van der Waals surface area contributed by atoms with E-state index in [0.717, 1.165) is 5.56 Å². The number of fused-ring (bicyclic) bond motifs is 1. The van der Waals surface area contributed by atoms with Gasteiger partial charge in [0, 0.05) is 35.6 Å². The van der Waals surface area contributed by atoms with E-state index < -0.39 is 10.0 Å². The monoisotopic (exact) mass is 467 g/mol. The molecule has 0 aliphatic carbocycles. The average molecular weight is 468 g/mol. The summed E-state index contributed by atoms with van der Waals surface area (Å²) < 4.78 is 32.0. The first-order chi connectivity index (χ1) is 14.4. The maximum Gasteiger partial charge on any atom is 0.269 e. The van der Waals surface area contributed by atoms with Crippen LogP contribution in [0.25, 0.3) is 10.9 Å². The summed E-state index contributed by atoms with van der Waals surface area (Å²) in [6, 6.07) is 11.6. The molecule has 2 N–H and O–H groups in total. The van der Waals surface area contributed by atoms with Crippen LogP contribution in [0.3, 0.4) is 0 Å². The van der Waals surface area contributed by atoms with Crippen LogP contribution in [0, 0.1) is 0 Å². The smallest absolute Gasteiger partial charge is 0.269 e. The van der Waals surface area contributed by atoms with Crippen LogP contribution in [-0.4, -0.2) is 49.9 Å². The van der Waals surface area contributed by atoms with Crippen molar-refractivity contribution < 1.29 is 17.9 Å². The van der Waals surface area contributed by atoms with Crippen LogP contribution in [0.2, 0.25) is 10.0 Å². The molecule has 0 bridgehead atoms. The van der Waals surface area contributed by atoms with Crippen molar-refractivity contribution in [2.75, 3.05) is 26.3 Å². The van der Waals surface area contributed by atoms with Gasteiger partial charge in [-0.15, -0.1) is 0 Å². The second-order valence-electron chi connectivity index (χ2n) is 6.85. The Hall–Kier alpha value is -2.10. The Labute approximate surface area is 184 Å². The molecule has 0 radical (unpaired) electrons. The maximum absolute atomic E-state index is 12.7. The van der Waals surface area contributed by atoms with Gasteiger partial charge in [0.2, 0.25) is 10.0 Å². The van der Waals surface area contributed by atoms with Crippen molar-refractivity contribution in [3.8, 4) is 0 Å². The number of hydrogen-bond acceptors (Lipinski definition) is 4. The number of aromatic amines is 1. The minimum absolute atomic E-state index is 0.218. The molecule has 2 aromatic carbocycles. The van der Waals surface area contributed by atoms with Crippen LogP contribution in [-0.2, 0) is 21.3 Å². The highest BCUT2D eigenvalue weighted by atomic mass is 35.5. The van der Waals surface area contributed by atoms with Gasteiger partial charge in [0.1, 0.15) is 5.69 Å². The van der Waals surface area contributed by atoms with Crippen LogP contribution >= 0.6 is 23.2 Å². The van der Waals surface area contributed by atoms with Crippen LogP contribution in [0.1, 0.15) is 16.1 Å². The molecule has 4 rings (SSSR count). The summed E-state index contributed by atoms with van der Waals surface area (Å²) >= 11 is 12.3. The molecule has 0 saturated carbocycles. The zero-order valence-electron chi connectivity index (χ0n) is 15.8. The van der Waals surface area contributed by atoms with E-state index >= 15 is 0 Å². The third kappa shape index (κ3) is 4.19. The number of nitrogens with zero attached hydrogens (tertiary/aromatic N) is 1. The van der Waals surface area contributed by atoms with E-state index in [1.807, 2.05) is 0 Å². The molecule has 1 aliphatic heterocycles. The molecular weight excluding hydrogens is 449 g/mol. The van der Waals surface area contributed by atoms with Crippen molar-refractivity contribution in [2.45, 2.75) is 11.4 Å². The number of hydrogen-bond donors (Lipinski definition) is 2. The highest BCUT2D eigenvalue weighted by molar-refractivity contribution is 7.89. The maximum atomic E-state index is 12.7. The summed E-state index contributed by atoms with van der Waals surface area (Å²) in [6.45, 7) is 1.70. The number of ether oxygens (including phenoxy) is 1. The summed E-state index contributed by atoms with van der Waals surface area (Å²) in [5.74, 6) is -0.364. The Bertz CT molecular complexity index is 1190. The van der Waals surface area contributed by atoms with Gasteiger partial charge in [-0.3, -0.25) is 4.79 Å². The molecule has 1 aliphatic rings. The molecule has 158 valence electrons. The van der Waals surface area contributed by atoms with Crippen LogP contribution in [0.15, 0.2) is 47.4 Å². The predicted molar refractivity (Wildman–Crippen MR) is 116 cm³/mol. The van der Waals surface area contributed by atoms with Gasteiger partial charge in [-0.25, -0.2) is 8.42 Å². The summed E-state index contributed by atoms with van der Waals surface area (Å²) in [4.78, 5) is 15.8.